The van der Waals surface area contributed by atoms with Crippen molar-refractivity contribution in [1.82, 2.24) is 5.32 Å². The van der Waals surface area contributed by atoms with Gasteiger partial charge in [-0.1, -0.05) is 206 Å². The lowest BCUT2D eigenvalue weighted by Gasteiger charge is -2.40. The van der Waals surface area contributed by atoms with E-state index in [1.165, 1.54) is 161 Å². The van der Waals surface area contributed by atoms with Gasteiger partial charge in [0.15, 0.2) is 6.29 Å². The zero-order chi connectivity index (χ0) is 41.1. The molecular formula is C46H91NO9. The molecule has 0 bridgehead atoms. The second-order valence-electron chi connectivity index (χ2n) is 17.1. The first-order chi connectivity index (χ1) is 27.3. The van der Waals surface area contributed by atoms with E-state index in [2.05, 4.69) is 19.2 Å². The molecule has 10 nitrogen and oxygen atoms in total. The predicted molar refractivity (Wildman–Crippen MR) is 227 cm³/mol. The van der Waals surface area contributed by atoms with Crippen molar-refractivity contribution in [3.8, 4) is 0 Å². The van der Waals surface area contributed by atoms with Crippen molar-refractivity contribution in [2.45, 2.75) is 275 Å². The van der Waals surface area contributed by atoms with Gasteiger partial charge in [0.25, 0.3) is 0 Å². The van der Waals surface area contributed by atoms with Crippen molar-refractivity contribution in [1.29, 1.82) is 0 Å². The number of aliphatic hydroxyl groups excluding tert-OH is 6. The molecule has 1 aliphatic rings. The molecule has 1 amide bonds. The number of amides is 1. The Morgan fingerprint density at radius 3 is 1.32 bits per heavy atom. The molecule has 0 radical (unpaired) electrons. The molecule has 0 aliphatic carbocycles. The Morgan fingerprint density at radius 2 is 0.929 bits per heavy atom. The maximum atomic E-state index is 13.0. The smallest absolute Gasteiger partial charge is 0.220 e. The molecule has 2 unspecified atom stereocenters. The summed E-state index contributed by atoms with van der Waals surface area (Å²) in [5, 5.41) is 65.2. The molecule has 0 saturated carbocycles. The third-order valence-electron chi connectivity index (χ3n) is 11.8. The molecule has 8 atom stereocenters. The van der Waals surface area contributed by atoms with Gasteiger partial charge in [-0.05, 0) is 12.8 Å². The van der Waals surface area contributed by atoms with Crippen LogP contribution in [-0.2, 0) is 14.3 Å². The number of carbonyl (C=O) groups is 1. The molecule has 56 heavy (non-hydrogen) atoms. The van der Waals surface area contributed by atoms with Gasteiger partial charge in [-0.15, -0.1) is 0 Å². The van der Waals surface area contributed by atoms with Gasteiger partial charge in [0.2, 0.25) is 5.91 Å². The van der Waals surface area contributed by atoms with Crippen molar-refractivity contribution in [3.05, 3.63) is 0 Å². The monoisotopic (exact) mass is 802 g/mol. The molecule has 1 saturated heterocycles. The van der Waals surface area contributed by atoms with E-state index in [1.807, 2.05) is 0 Å². The summed E-state index contributed by atoms with van der Waals surface area (Å²) in [6.45, 7) is 3.62. The predicted octanol–water partition coefficient (Wildman–Crippen LogP) is 8.92. The summed E-state index contributed by atoms with van der Waals surface area (Å²) in [6, 6.07) is -0.984. The molecule has 1 heterocycles. The fourth-order valence-corrected chi connectivity index (χ4v) is 7.91. The van der Waals surface area contributed by atoms with Crippen LogP contribution in [0.5, 0.6) is 0 Å². The van der Waals surface area contributed by atoms with Crippen molar-refractivity contribution >= 4 is 5.91 Å². The Balaban J connectivity index is 2.37. The number of carbonyl (C=O) groups excluding carboxylic acids is 1. The molecule has 0 aromatic rings. The number of nitrogens with one attached hydrogen (secondary N) is 1. The largest absolute Gasteiger partial charge is 0.394 e. The Kier molecular flexibility index (Phi) is 35.3. The number of unbranched alkanes of at least 4 members (excludes halogenated alkanes) is 29. The van der Waals surface area contributed by atoms with Crippen LogP contribution in [0.15, 0.2) is 0 Å². The van der Waals surface area contributed by atoms with Crippen LogP contribution in [0.2, 0.25) is 0 Å². The van der Waals surface area contributed by atoms with E-state index in [9.17, 15) is 35.4 Å². The van der Waals surface area contributed by atoms with Gasteiger partial charge in [0.1, 0.15) is 30.5 Å². The van der Waals surface area contributed by atoms with Crippen LogP contribution < -0.4 is 5.32 Å². The van der Waals surface area contributed by atoms with Gasteiger partial charge in [0, 0.05) is 6.42 Å². The number of rotatable bonds is 40. The second-order valence-corrected chi connectivity index (χ2v) is 17.1. The van der Waals surface area contributed by atoms with Crippen molar-refractivity contribution < 1.29 is 44.9 Å². The number of ether oxygens (including phenoxy) is 2. The molecular weight excluding hydrogens is 711 g/mol. The third kappa shape index (κ3) is 27.0. The van der Waals surface area contributed by atoms with Gasteiger partial charge >= 0.3 is 0 Å². The molecule has 1 aliphatic heterocycles. The Labute approximate surface area is 343 Å². The van der Waals surface area contributed by atoms with E-state index < -0.39 is 55.6 Å². The summed E-state index contributed by atoms with van der Waals surface area (Å²) in [7, 11) is 0. The summed E-state index contributed by atoms with van der Waals surface area (Å²) in [4.78, 5) is 13.0. The lowest BCUT2D eigenvalue weighted by molar-refractivity contribution is -0.303. The molecule has 7 N–H and O–H groups in total. The van der Waals surface area contributed by atoms with E-state index in [4.69, 9.17) is 9.47 Å². The Hall–Kier alpha value is -0.850. The fourth-order valence-electron chi connectivity index (χ4n) is 7.91. The zero-order valence-electron chi connectivity index (χ0n) is 36.3. The molecule has 0 aromatic carbocycles. The quantitative estimate of drug-likeness (QED) is 0.0299. The first-order valence-corrected chi connectivity index (χ1v) is 23.8. The average molecular weight is 802 g/mol. The molecule has 0 aromatic heterocycles. The summed E-state index contributed by atoms with van der Waals surface area (Å²) in [6.07, 6.45) is 29.6. The fraction of sp³-hybridized carbons (Fsp3) is 0.978. The van der Waals surface area contributed by atoms with Gasteiger partial charge in [0.05, 0.1) is 25.4 Å². The van der Waals surface area contributed by atoms with Crippen LogP contribution in [0, 0.1) is 0 Å². The van der Waals surface area contributed by atoms with Gasteiger partial charge in [-0.2, -0.15) is 0 Å². The van der Waals surface area contributed by atoms with Crippen LogP contribution >= 0.6 is 0 Å². The zero-order valence-corrected chi connectivity index (χ0v) is 36.3. The van der Waals surface area contributed by atoms with Crippen LogP contribution in [0.4, 0.5) is 0 Å². The Morgan fingerprint density at radius 1 is 0.554 bits per heavy atom. The Bertz CT molecular complexity index is 864. The highest BCUT2D eigenvalue weighted by Crippen LogP contribution is 2.23. The van der Waals surface area contributed by atoms with E-state index in [1.54, 1.807) is 0 Å². The lowest BCUT2D eigenvalue weighted by atomic mass is 9.98. The second kappa shape index (κ2) is 37.2. The van der Waals surface area contributed by atoms with Gasteiger partial charge in [-0.25, -0.2) is 0 Å². The minimum atomic E-state index is -1.60. The van der Waals surface area contributed by atoms with Crippen LogP contribution in [-0.4, -0.2) is 98.7 Å². The highest BCUT2D eigenvalue weighted by molar-refractivity contribution is 5.76. The van der Waals surface area contributed by atoms with E-state index in [-0.39, 0.29) is 18.9 Å². The summed E-state index contributed by atoms with van der Waals surface area (Å²) < 4.78 is 11.2. The molecule has 0 spiro atoms. The summed E-state index contributed by atoms with van der Waals surface area (Å²) in [5.41, 5.74) is 0. The van der Waals surface area contributed by atoms with E-state index in [0.717, 1.165) is 38.5 Å². The minimum absolute atomic E-state index is 0.254. The van der Waals surface area contributed by atoms with Crippen LogP contribution in [0.25, 0.3) is 0 Å². The number of hydrogen-bond acceptors (Lipinski definition) is 9. The molecule has 10 heteroatoms. The average Bonchev–Trinajstić information content (AvgIpc) is 3.20. The molecule has 1 rings (SSSR count). The van der Waals surface area contributed by atoms with Crippen LogP contribution in [0.3, 0.4) is 0 Å². The first-order valence-electron chi connectivity index (χ1n) is 23.8. The standard InChI is InChI=1S/C46H91NO9/c1-3-5-7-9-11-13-15-17-19-21-22-24-26-28-30-32-34-39(49)42(51)38(37-55-46-45(54)44(53)43(52)40(36-48)56-46)47-41(50)35-33-31-29-27-25-23-20-18-16-14-12-10-8-6-4-2/h38-40,42-46,48-49,51-54H,3-37H2,1-2H3,(H,47,50)/t38-,39+,40+,42-,43-,44?,45?,46+/m0/s1. The number of hydrogen-bond donors (Lipinski definition) is 7. The summed E-state index contributed by atoms with van der Waals surface area (Å²) >= 11 is 0. The van der Waals surface area contributed by atoms with Crippen molar-refractivity contribution in [3.63, 3.8) is 0 Å². The maximum Gasteiger partial charge on any atom is 0.220 e. The van der Waals surface area contributed by atoms with Gasteiger partial charge < -0.3 is 45.4 Å². The van der Waals surface area contributed by atoms with E-state index >= 15 is 0 Å². The minimum Gasteiger partial charge on any atom is -0.394 e. The lowest BCUT2D eigenvalue weighted by Crippen LogP contribution is -2.60. The van der Waals surface area contributed by atoms with Crippen molar-refractivity contribution in [2.24, 2.45) is 0 Å². The normalized spacial score (nSPS) is 21.6. The van der Waals surface area contributed by atoms with E-state index in [0.29, 0.717) is 6.42 Å². The highest BCUT2D eigenvalue weighted by atomic mass is 16.7. The topological polar surface area (TPSA) is 169 Å². The third-order valence-corrected chi connectivity index (χ3v) is 11.8. The highest BCUT2D eigenvalue weighted by Gasteiger charge is 2.44. The van der Waals surface area contributed by atoms with Crippen LogP contribution in [0.1, 0.15) is 226 Å². The molecule has 334 valence electrons. The van der Waals surface area contributed by atoms with Gasteiger partial charge in [-0.3, -0.25) is 4.79 Å². The summed E-state index contributed by atoms with van der Waals surface area (Å²) in [5.74, 6) is -0.254. The molecule has 1 fully saturated rings. The maximum absolute atomic E-state index is 13.0. The van der Waals surface area contributed by atoms with Crippen molar-refractivity contribution in [2.75, 3.05) is 13.2 Å². The SMILES string of the molecule is CCCCCCCCCCCCCCCCCC[C@@H](O)[C@@H](O)[C@H](CO[C@@H]1O[C@H](CO)[C@H](O)C(O)C1O)NC(=O)CCCCCCCCCCCCCCCCC. The number of aliphatic hydroxyl groups is 6. The first kappa shape index (κ1) is 53.2.